The van der Waals surface area contributed by atoms with E-state index in [4.69, 9.17) is 24.8 Å². The number of esters is 1. The van der Waals surface area contributed by atoms with Crippen LogP contribution in [-0.4, -0.2) is 41.8 Å². The lowest BCUT2D eigenvalue weighted by Crippen LogP contribution is -2.11. The van der Waals surface area contributed by atoms with Gasteiger partial charge in [-0.2, -0.15) is 9.59 Å². The van der Waals surface area contributed by atoms with Crippen LogP contribution in [0.4, 0.5) is 0 Å². The number of hydrogen-bond donors (Lipinski definition) is 3. The maximum atomic E-state index is 12.3. The summed E-state index contributed by atoms with van der Waals surface area (Å²) >= 11 is 0. The summed E-state index contributed by atoms with van der Waals surface area (Å²) in [6.45, 7) is 5.14. The number of aromatic amines is 2. The molecule has 0 aliphatic carbocycles. The molecule has 2 aromatic heterocycles. The van der Waals surface area contributed by atoms with Gasteiger partial charge in [-0.25, -0.2) is 4.79 Å². The summed E-state index contributed by atoms with van der Waals surface area (Å²) in [6, 6.07) is 14.2. The molecule has 0 unspecified atom stereocenters. The van der Waals surface area contributed by atoms with Crippen LogP contribution in [0.2, 0.25) is 0 Å². The molecule has 5 rings (SSSR count). The molecule has 34 heavy (non-hydrogen) atoms. The summed E-state index contributed by atoms with van der Waals surface area (Å²) in [7, 11) is 0. The van der Waals surface area contributed by atoms with Crippen LogP contribution in [0.3, 0.4) is 0 Å². The predicted molar refractivity (Wildman–Crippen MR) is 130 cm³/mol. The Morgan fingerprint density at radius 2 is 1.53 bits per heavy atom. The molecular formula is C26H25N3O5. The maximum Gasteiger partial charge on any atom is 0.373 e. The summed E-state index contributed by atoms with van der Waals surface area (Å²) in [5.41, 5.74) is 11.4. The summed E-state index contributed by atoms with van der Waals surface area (Å²) in [4.78, 5) is 35.5. The molecule has 5 aromatic rings. The van der Waals surface area contributed by atoms with Crippen LogP contribution >= 0.6 is 0 Å². The summed E-state index contributed by atoms with van der Waals surface area (Å²) < 4.78 is 11.3. The SMILES string of the molecule is CCOC(=O)c1ccc2[nH]c3c(OCCN)c4[nH]c5ccc(CC)cc5c4cc3c2c1.O=C=O. The first-order valence-electron chi connectivity index (χ1n) is 11.1. The fourth-order valence-electron chi connectivity index (χ4n) is 4.27. The minimum atomic E-state index is -0.320. The van der Waals surface area contributed by atoms with E-state index in [1.165, 1.54) is 5.56 Å². The van der Waals surface area contributed by atoms with Crippen molar-refractivity contribution in [2.45, 2.75) is 20.3 Å². The second-order valence-corrected chi connectivity index (χ2v) is 7.74. The van der Waals surface area contributed by atoms with Crippen molar-refractivity contribution in [2.24, 2.45) is 5.73 Å². The molecule has 8 nitrogen and oxygen atoms in total. The lowest BCUT2D eigenvalue weighted by Gasteiger charge is -2.08. The smallest absolute Gasteiger partial charge is 0.373 e. The van der Waals surface area contributed by atoms with Crippen LogP contribution in [0.1, 0.15) is 29.8 Å². The number of carbonyl (C=O) groups is 1. The van der Waals surface area contributed by atoms with Crippen molar-refractivity contribution >= 4 is 55.7 Å². The van der Waals surface area contributed by atoms with Crippen LogP contribution in [0.5, 0.6) is 5.75 Å². The molecular weight excluding hydrogens is 434 g/mol. The molecule has 3 aromatic carbocycles. The zero-order chi connectivity index (χ0) is 24.2. The number of aryl methyl sites for hydroxylation is 1. The first kappa shape index (κ1) is 23.0. The van der Waals surface area contributed by atoms with E-state index in [9.17, 15) is 4.79 Å². The Labute approximate surface area is 195 Å². The van der Waals surface area contributed by atoms with Crippen LogP contribution < -0.4 is 10.5 Å². The highest BCUT2D eigenvalue weighted by Crippen LogP contribution is 2.41. The van der Waals surface area contributed by atoms with Crippen molar-refractivity contribution in [3.63, 3.8) is 0 Å². The van der Waals surface area contributed by atoms with Crippen molar-refractivity contribution in [2.75, 3.05) is 19.8 Å². The van der Waals surface area contributed by atoms with Gasteiger partial charge in [0.2, 0.25) is 0 Å². The zero-order valence-electron chi connectivity index (χ0n) is 19.0. The Morgan fingerprint density at radius 1 is 0.912 bits per heavy atom. The first-order valence-corrected chi connectivity index (χ1v) is 11.1. The lowest BCUT2D eigenvalue weighted by molar-refractivity contribution is -0.191. The Bertz CT molecular complexity index is 1540. The Morgan fingerprint density at radius 3 is 2.12 bits per heavy atom. The van der Waals surface area contributed by atoms with E-state index in [0.717, 1.165) is 55.8 Å². The van der Waals surface area contributed by atoms with Gasteiger partial charge in [-0.3, -0.25) is 0 Å². The Kier molecular flexibility index (Phi) is 6.63. The highest BCUT2D eigenvalue weighted by atomic mass is 16.5. The molecule has 8 heteroatoms. The monoisotopic (exact) mass is 459 g/mol. The van der Waals surface area contributed by atoms with Gasteiger partial charge in [0.25, 0.3) is 0 Å². The predicted octanol–water partition coefficient (Wildman–Crippen LogP) is 4.45. The van der Waals surface area contributed by atoms with E-state index in [0.29, 0.717) is 25.3 Å². The second-order valence-electron chi connectivity index (χ2n) is 7.74. The topological polar surface area (TPSA) is 127 Å². The summed E-state index contributed by atoms with van der Waals surface area (Å²) in [5, 5.41) is 4.21. The number of ether oxygens (including phenoxy) is 2. The molecule has 0 atom stereocenters. The normalized spacial score (nSPS) is 10.9. The number of hydrogen-bond acceptors (Lipinski definition) is 6. The third-order valence-corrected chi connectivity index (χ3v) is 5.77. The number of nitrogens with two attached hydrogens (primary N) is 1. The molecule has 0 bridgehead atoms. The molecule has 174 valence electrons. The van der Waals surface area contributed by atoms with E-state index in [2.05, 4.69) is 41.2 Å². The highest BCUT2D eigenvalue weighted by Gasteiger charge is 2.19. The number of carbonyl (C=O) groups excluding carboxylic acids is 3. The van der Waals surface area contributed by atoms with Crippen molar-refractivity contribution in [1.29, 1.82) is 0 Å². The largest absolute Gasteiger partial charge is 0.488 e. The number of nitrogens with one attached hydrogen (secondary N) is 2. The number of fused-ring (bicyclic) bond motifs is 6. The minimum Gasteiger partial charge on any atom is -0.488 e. The first-order chi connectivity index (χ1) is 16.6. The van der Waals surface area contributed by atoms with E-state index in [1.807, 2.05) is 19.1 Å². The Hall–Kier alpha value is -4.13. The molecule has 0 aliphatic heterocycles. The van der Waals surface area contributed by atoms with Gasteiger partial charge in [-0.1, -0.05) is 13.0 Å². The zero-order valence-corrected chi connectivity index (χ0v) is 19.0. The van der Waals surface area contributed by atoms with Gasteiger partial charge in [0.05, 0.1) is 23.2 Å². The molecule has 0 amide bonds. The highest BCUT2D eigenvalue weighted by molar-refractivity contribution is 6.21. The van der Waals surface area contributed by atoms with Crippen LogP contribution in [0.15, 0.2) is 42.5 Å². The molecule has 0 aliphatic rings. The van der Waals surface area contributed by atoms with Crippen LogP contribution in [-0.2, 0) is 20.7 Å². The van der Waals surface area contributed by atoms with Gasteiger partial charge in [0.15, 0.2) is 5.75 Å². The van der Waals surface area contributed by atoms with Crippen molar-refractivity contribution < 1.29 is 23.9 Å². The summed E-state index contributed by atoms with van der Waals surface area (Å²) in [5.74, 6) is 0.431. The molecule has 0 saturated heterocycles. The van der Waals surface area contributed by atoms with Crippen LogP contribution in [0, 0.1) is 0 Å². The van der Waals surface area contributed by atoms with E-state index in [1.54, 1.807) is 6.07 Å². The third-order valence-electron chi connectivity index (χ3n) is 5.77. The van der Waals surface area contributed by atoms with Gasteiger partial charge in [-0.15, -0.1) is 0 Å². The molecule has 0 radical (unpaired) electrons. The van der Waals surface area contributed by atoms with E-state index in [-0.39, 0.29) is 12.1 Å². The quantitative estimate of drug-likeness (QED) is 0.322. The van der Waals surface area contributed by atoms with Crippen molar-refractivity contribution in [1.82, 2.24) is 9.97 Å². The van der Waals surface area contributed by atoms with E-state index < -0.39 is 0 Å². The fourth-order valence-corrected chi connectivity index (χ4v) is 4.27. The van der Waals surface area contributed by atoms with Gasteiger partial charge >= 0.3 is 12.1 Å². The van der Waals surface area contributed by atoms with Gasteiger partial charge in [0, 0.05) is 39.1 Å². The van der Waals surface area contributed by atoms with Crippen molar-refractivity contribution in [3.05, 3.63) is 53.6 Å². The van der Waals surface area contributed by atoms with Gasteiger partial charge in [-0.05, 0) is 55.3 Å². The third kappa shape index (κ3) is 4.01. The Balaban J connectivity index is 0.000000868. The molecule has 0 saturated carbocycles. The average molecular weight is 460 g/mol. The molecule has 0 spiro atoms. The molecule has 2 heterocycles. The maximum absolute atomic E-state index is 12.3. The number of rotatable bonds is 6. The molecule has 0 fully saturated rings. The van der Waals surface area contributed by atoms with E-state index >= 15 is 0 Å². The fraction of sp³-hybridized carbons (Fsp3) is 0.231. The average Bonchev–Trinajstić information content (AvgIpc) is 3.39. The minimum absolute atomic E-state index is 0.250. The number of benzene rings is 3. The number of H-pyrrole nitrogens is 2. The standard InChI is InChI=1S/C25H25N3O3.CO2/c1-3-14-5-7-20-16(11-14)18-13-19-17-12-15(25(29)30-4-2)6-8-21(17)28-23(19)24(22(18)27-20)31-10-9-26;2-1-3/h5-8,11-13,27-28H,3-4,9-10,26H2,1-2H3;. The summed E-state index contributed by atoms with van der Waals surface area (Å²) in [6.07, 6.45) is 1.22. The molecule has 4 N–H and O–H groups in total. The second kappa shape index (κ2) is 9.79. The van der Waals surface area contributed by atoms with Crippen LogP contribution in [0.25, 0.3) is 43.6 Å². The van der Waals surface area contributed by atoms with Crippen molar-refractivity contribution in [3.8, 4) is 5.75 Å². The van der Waals surface area contributed by atoms with Gasteiger partial charge in [0.1, 0.15) is 6.61 Å². The number of aromatic nitrogens is 2. The lowest BCUT2D eigenvalue weighted by atomic mass is 10.0. The van der Waals surface area contributed by atoms with Gasteiger partial charge < -0.3 is 25.2 Å².